The molecule has 0 aromatic heterocycles. The first kappa shape index (κ1) is 16.7. The number of rotatable bonds is 6. The van der Waals surface area contributed by atoms with Crippen molar-refractivity contribution in [2.24, 2.45) is 5.73 Å². The van der Waals surface area contributed by atoms with Crippen LogP contribution in [0.1, 0.15) is 18.9 Å². The van der Waals surface area contributed by atoms with Crippen molar-refractivity contribution in [1.82, 2.24) is 0 Å². The van der Waals surface area contributed by atoms with Gasteiger partial charge in [-0.15, -0.1) is 12.4 Å². The number of esters is 1. The second kappa shape index (κ2) is 9.68. The summed E-state index contributed by atoms with van der Waals surface area (Å²) in [6.07, 6.45) is 4.83. The smallest absolute Gasteiger partial charge is 0.330 e. The number of hydrogen-bond acceptors (Lipinski definition) is 3. The van der Waals surface area contributed by atoms with Gasteiger partial charge in [0.05, 0.1) is 6.61 Å². The van der Waals surface area contributed by atoms with Crippen molar-refractivity contribution in [2.45, 2.75) is 25.8 Å². The minimum absolute atomic E-state index is 0. The lowest BCUT2D eigenvalue weighted by Crippen LogP contribution is -2.18. The molecule has 0 aliphatic carbocycles. The zero-order valence-electron chi connectivity index (χ0n) is 10.5. The molecule has 18 heavy (non-hydrogen) atoms. The van der Waals surface area contributed by atoms with Crippen molar-refractivity contribution in [1.29, 1.82) is 0 Å². The Morgan fingerprint density at radius 1 is 1.39 bits per heavy atom. The maximum absolute atomic E-state index is 11.1. The van der Waals surface area contributed by atoms with E-state index in [0.29, 0.717) is 6.61 Å². The number of carbonyl (C=O) groups is 1. The molecule has 3 nitrogen and oxygen atoms in total. The van der Waals surface area contributed by atoms with E-state index < -0.39 is 0 Å². The standard InChI is InChI=1S/C14H19NO2.ClH/c1-2-17-14(16)11-10-13(15)9-8-12-6-4-3-5-7-12;/h3-7,10-11,13H,2,8-9,15H2,1H3;1H/t13-;/m0./s1. The van der Waals surface area contributed by atoms with Gasteiger partial charge >= 0.3 is 5.97 Å². The molecule has 1 aromatic carbocycles. The summed E-state index contributed by atoms with van der Waals surface area (Å²) in [5.41, 5.74) is 7.13. The summed E-state index contributed by atoms with van der Waals surface area (Å²) in [5.74, 6) is -0.331. The first-order valence-electron chi connectivity index (χ1n) is 5.87. The SMILES string of the molecule is CCOC(=O)C=C[C@@H](N)CCc1ccccc1.Cl. The van der Waals surface area contributed by atoms with Gasteiger partial charge in [-0.2, -0.15) is 0 Å². The number of carbonyl (C=O) groups excluding carboxylic acids is 1. The lowest BCUT2D eigenvalue weighted by atomic mass is 10.1. The van der Waals surface area contributed by atoms with Crippen molar-refractivity contribution < 1.29 is 9.53 Å². The number of aryl methyl sites for hydroxylation is 1. The van der Waals surface area contributed by atoms with E-state index in [1.54, 1.807) is 13.0 Å². The van der Waals surface area contributed by atoms with Crippen LogP contribution >= 0.6 is 12.4 Å². The molecule has 1 atom stereocenters. The maximum atomic E-state index is 11.1. The Hall–Kier alpha value is -1.32. The molecule has 4 heteroatoms. The summed E-state index contributed by atoms with van der Waals surface area (Å²) in [6.45, 7) is 2.17. The molecule has 0 aliphatic heterocycles. The average molecular weight is 270 g/mol. The van der Waals surface area contributed by atoms with Gasteiger partial charge in [-0.25, -0.2) is 4.79 Å². The van der Waals surface area contributed by atoms with E-state index in [1.165, 1.54) is 11.6 Å². The third-order valence-corrected chi connectivity index (χ3v) is 2.38. The molecule has 0 saturated carbocycles. The lowest BCUT2D eigenvalue weighted by Gasteiger charge is -2.06. The molecule has 0 unspecified atom stereocenters. The van der Waals surface area contributed by atoms with Crippen LogP contribution in [0.25, 0.3) is 0 Å². The largest absolute Gasteiger partial charge is 0.463 e. The van der Waals surface area contributed by atoms with Gasteiger partial charge in [0, 0.05) is 12.1 Å². The quantitative estimate of drug-likeness (QED) is 0.638. The molecule has 0 heterocycles. The molecule has 0 aliphatic rings. The Bertz CT molecular complexity index is 365. The molecule has 0 saturated heterocycles. The fourth-order valence-corrected chi connectivity index (χ4v) is 1.47. The van der Waals surface area contributed by atoms with Gasteiger partial charge in [0.15, 0.2) is 0 Å². The zero-order chi connectivity index (χ0) is 12.5. The number of halogens is 1. The Morgan fingerprint density at radius 2 is 2.06 bits per heavy atom. The summed E-state index contributed by atoms with van der Waals surface area (Å²) in [4.78, 5) is 11.1. The van der Waals surface area contributed by atoms with Crippen molar-refractivity contribution in [3.63, 3.8) is 0 Å². The normalized spacial score (nSPS) is 11.9. The van der Waals surface area contributed by atoms with E-state index in [2.05, 4.69) is 12.1 Å². The van der Waals surface area contributed by atoms with Crippen molar-refractivity contribution >= 4 is 18.4 Å². The van der Waals surface area contributed by atoms with Gasteiger partial charge in [-0.1, -0.05) is 36.4 Å². The number of ether oxygens (including phenoxy) is 1. The molecular weight excluding hydrogens is 250 g/mol. The second-order valence-corrected chi connectivity index (χ2v) is 3.80. The highest BCUT2D eigenvalue weighted by molar-refractivity contribution is 5.85. The number of hydrogen-bond donors (Lipinski definition) is 1. The Kier molecular flexibility index (Phi) is 8.97. The van der Waals surface area contributed by atoms with E-state index in [0.717, 1.165) is 12.8 Å². The van der Waals surface area contributed by atoms with Gasteiger partial charge in [-0.3, -0.25) is 0 Å². The summed E-state index contributed by atoms with van der Waals surface area (Å²) < 4.78 is 4.77. The van der Waals surface area contributed by atoms with Crippen LogP contribution in [0.4, 0.5) is 0 Å². The highest BCUT2D eigenvalue weighted by atomic mass is 35.5. The minimum Gasteiger partial charge on any atom is -0.463 e. The van der Waals surface area contributed by atoms with Crippen LogP contribution in [-0.2, 0) is 16.0 Å². The van der Waals surface area contributed by atoms with Crippen molar-refractivity contribution in [2.75, 3.05) is 6.61 Å². The molecule has 0 amide bonds. The van der Waals surface area contributed by atoms with Crippen LogP contribution in [0.2, 0.25) is 0 Å². The molecule has 0 bridgehead atoms. The van der Waals surface area contributed by atoms with E-state index in [4.69, 9.17) is 10.5 Å². The predicted octanol–water partition coefficient (Wildman–Crippen LogP) is 2.49. The Balaban J connectivity index is 0.00000289. The molecule has 1 aromatic rings. The minimum atomic E-state index is -0.331. The molecule has 0 spiro atoms. The fourth-order valence-electron chi connectivity index (χ4n) is 1.47. The molecule has 100 valence electrons. The van der Waals surface area contributed by atoms with E-state index in [9.17, 15) is 4.79 Å². The van der Waals surface area contributed by atoms with Crippen LogP contribution in [0.5, 0.6) is 0 Å². The van der Waals surface area contributed by atoms with Crippen molar-refractivity contribution in [3.8, 4) is 0 Å². The number of benzene rings is 1. The molecule has 0 radical (unpaired) electrons. The van der Waals surface area contributed by atoms with E-state index >= 15 is 0 Å². The zero-order valence-corrected chi connectivity index (χ0v) is 11.4. The van der Waals surface area contributed by atoms with E-state index in [-0.39, 0.29) is 24.4 Å². The fraction of sp³-hybridized carbons (Fsp3) is 0.357. The van der Waals surface area contributed by atoms with Gasteiger partial charge in [-0.05, 0) is 25.3 Å². The van der Waals surface area contributed by atoms with Crippen molar-refractivity contribution in [3.05, 3.63) is 48.0 Å². The van der Waals surface area contributed by atoms with Gasteiger partial charge < -0.3 is 10.5 Å². The topological polar surface area (TPSA) is 52.3 Å². The van der Waals surface area contributed by atoms with Gasteiger partial charge in [0.2, 0.25) is 0 Å². The monoisotopic (exact) mass is 269 g/mol. The summed E-state index contributed by atoms with van der Waals surface area (Å²) >= 11 is 0. The summed E-state index contributed by atoms with van der Waals surface area (Å²) in [6, 6.07) is 10.0. The Labute approximate surface area is 114 Å². The lowest BCUT2D eigenvalue weighted by molar-refractivity contribution is -0.137. The Morgan fingerprint density at radius 3 is 2.67 bits per heavy atom. The highest BCUT2D eigenvalue weighted by Crippen LogP contribution is 2.04. The van der Waals surface area contributed by atoms with Gasteiger partial charge in [0.25, 0.3) is 0 Å². The van der Waals surface area contributed by atoms with Crippen LogP contribution in [0, 0.1) is 0 Å². The van der Waals surface area contributed by atoms with Crippen LogP contribution < -0.4 is 5.73 Å². The molecule has 1 rings (SSSR count). The first-order valence-corrected chi connectivity index (χ1v) is 5.87. The average Bonchev–Trinajstić information content (AvgIpc) is 2.35. The maximum Gasteiger partial charge on any atom is 0.330 e. The van der Waals surface area contributed by atoms with E-state index in [1.807, 2.05) is 18.2 Å². The summed E-state index contributed by atoms with van der Waals surface area (Å²) in [7, 11) is 0. The predicted molar refractivity (Wildman–Crippen MR) is 75.8 cm³/mol. The highest BCUT2D eigenvalue weighted by Gasteiger charge is 2.00. The van der Waals surface area contributed by atoms with Crippen LogP contribution in [-0.4, -0.2) is 18.6 Å². The van der Waals surface area contributed by atoms with Crippen LogP contribution in [0.3, 0.4) is 0 Å². The third kappa shape index (κ3) is 7.09. The molecule has 2 N–H and O–H groups in total. The molecule has 0 fully saturated rings. The third-order valence-electron chi connectivity index (χ3n) is 2.38. The van der Waals surface area contributed by atoms with Crippen LogP contribution in [0.15, 0.2) is 42.5 Å². The second-order valence-electron chi connectivity index (χ2n) is 3.80. The number of nitrogens with two attached hydrogens (primary N) is 1. The molecular formula is C14H20ClNO2. The summed E-state index contributed by atoms with van der Waals surface area (Å²) in [5, 5.41) is 0. The first-order chi connectivity index (χ1) is 8.22. The van der Waals surface area contributed by atoms with Gasteiger partial charge in [0.1, 0.15) is 0 Å².